The molecule has 0 saturated carbocycles. The van der Waals surface area contributed by atoms with Crippen molar-refractivity contribution in [2.24, 2.45) is 11.7 Å². The van der Waals surface area contributed by atoms with E-state index in [1.807, 2.05) is 45.9 Å². The van der Waals surface area contributed by atoms with Crippen LogP contribution in [0.1, 0.15) is 50.2 Å². The third-order valence-corrected chi connectivity index (χ3v) is 5.63. The molecule has 0 radical (unpaired) electrons. The first-order valence-electron chi connectivity index (χ1n) is 11.4. The fourth-order valence-corrected chi connectivity index (χ4v) is 4.29. The molecule has 0 aromatic carbocycles. The van der Waals surface area contributed by atoms with Gasteiger partial charge in [-0.3, -0.25) is 19.6 Å². The number of hydrogen-bond acceptors (Lipinski definition) is 5. The Bertz CT molecular complexity index is 1260. The van der Waals surface area contributed by atoms with E-state index in [1.54, 1.807) is 35.2 Å². The zero-order valence-electron chi connectivity index (χ0n) is 20.2. The fourth-order valence-electron chi connectivity index (χ4n) is 4.29. The van der Waals surface area contributed by atoms with Gasteiger partial charge >= 0.3 is 0 Å². The van der Waals surface area contributed by atoms with Crippen molar-refractivity contribution in [1.82, 2.24) is 19.8 Å². The largest absolute Gasteiger partial charge is 0.326 e. The Balaban J connectivity index is 1.97. The standard InChI is InChI=1S/C27H29N5O2/c1-6-7-19-9-11-21(30-13-19)25-23-22(27(34)32(25)15-18(5)28)24(20-10-8-17(4)12-29-20)31(26(23)33)14-16(2)3/h8-13,16,18H,14-15,28H2,1-5H3. The molecular formula is C27H29N5O2. The summed E-state index contributed by atoms with van der Waals surface area (Å²) in [6.07, 6.45) is 3.40. The summed E-state index contributed by atoms with van der Waals surface area (Å²) in [4.78, 5) is 40.0. The number of fused-ring (bicyclic) bond motifs is 1. The lowest BCUT2D eigenvalue weighted by atomic mass is 10.1. The van der Waals surface area contributed by atoms with Gasteiger partial charge in [0.25, 0.3) is 11.8 Å². The van der Waals surface area contributed by atoms with Crippen molar-refractivity contribution in [3.63, 3.8) is 0 Å². The Morgan fingerprint density at radius 1 is 0.882 bits per heavy atom. The van der Waals surface area contributed by atoms with Gasteiger partial charge in [-0.05, 0) is 50.5 Å². The maximum atomic E-state index is 13.8. The topological polar surface area (TPSA) is 92.4 Å². The van der Waals surface area contributed by atoms with Gasteiger partial charge in [-0.2, -0.15) is 0 Å². The summed E-state index contributed by atoms with van der Waals surface area (Å²) in [5.74, 6) is 5.56. The Hall–Kier alpha value is -3.76. The predicted molar refractivity (Wildman–Crippen MR) is 132 cm³/mol. The molecule has 1 unspecified atom stereocenters. The Kier molecular flexibility index (Phi) is 6.36. The molecule has 2 amide bonds. The Labute approximate surface area is 200 Å². The first-order chi connectivity index (χ1) is 16.2. The van der Waals surface area contributed by atoms with Gasteiger partial charge < -0.3 is 15.5 Å². The maximum absolute atomic E-state index is 13.8. The molecule has 2 aliphatic heterocycles. The van der Waals surface area contributed by atoms with E-state index in [2.05, 4.69) is 21.8 Å². The van der Waals surface area contributed by atoms with Gasteiger partial charge in [-0.25, -0.2) is 0 Å². The third kappa shape index (κ3) is 4.13. The summed E-state index contributed by atoms with van der Waals surface area (Å²) in [7, 11) is 0. The van der Waals surface area contributed by atoms with Crippen molar-refractivity contribution in [2.75, 3.05) is 13.1 Å². The second kappa shape index (κ2) is 9.24. The summed E-state index contributed by atoms with van der Waals surface area (Å²) in [5, 5.41) is 0. The molecule has 34 heavy (non-hydrogen) atoms. The van der Waals surface area contributed by atoms with Crippen LogP contribution >= 0.6 is 0 Å². The molecule has 2 N–H and O–H groups in total. The van der Waals surface area contributed by atoms with Gasteiger partial charge in [0.15, 0.2) is 0 Å². The highest BCUT2D eigenvalue weighted by Crippen LogP contribution is 2.46. The van der Waals surface area contributed by atoms with E-state index in [0.717, 1.165) is 11.1 Å². The van der Waals surface area contributed by atoms with E-state index in [-0.39, 0.29) is 30.3 Å². The zero-order valence-corrected chi connectivity index (χ0v) is 20.2. The molecule has 7 nitrogen and oxygen atoms in total. The summed E-state index contributed by atoms with van der Waals surface area (Å²) in [6, 6.07) is 7.15. The van der Waals surface area contributed by atoms with E-state index < -0.39 is 0 Å². The second-order valence-corrected chi connectivity index (χ2v) is 9.18. The average molecular weight is 456 g/mol. The monoisotopic (exact) mass is 455 g/mol. The van der Waals surface area contributed by atoms with E-state index in [1.165, 1.54) is 0 Å². The highest BCUT2D eigenvalue weighted by Gasteiger charge is 2.49. The molecule has 0 fully saturated rings. The van der Waals surface area contributed by atoms with Crippen molar-refractivity contribution in [3.8, 4) is 11.8 Å². The Morgan fingerprint density at radius 3 is 1.88 bits per heavy atom. The predicted octanol–water partition coefficient (Wildman–Crippen LogP) is 2.97. The van der Waals surface area contributed by atoms with Crippen molar-refractivity contribution in [1.29, 1.82) is 0 Å². The first-order valence-corrected chi connectivity index (χ1v) is 11.4. The lowest BCUT2D eigenvalue weighted by molar-refractivity contribution is -0.124. The van der Waals surface area contributed by atoms with Gasteiger partial charge in [-0.15, -0.1) is 5.92 Å². The minimum atomic E-state index is -0.285. The number of amides is 2. The third-order valence-electron chi connectivity index (χ3n) is 5.63. The lowest BCUT2D eigenvalue weighted by Crippen LogP contribution is -2.37. The van der Waals surface area contributed by atoms with E-state index in [0.29, 0.717) is 40.5 Å². The molecule has 0 aliphatic carbocycles. The summed E-state index contributed by atoms with van der Waals surface area (Å²) in [5.41, 5.74) is 10.8. The van der Waals surface area contributed by atoms with Crippen molar-refractivity contribution < 1.29 is 9.59 Å². The number of pyridine rings is 2. The van der Waals surface area contributed by atoms with Crippen LogP contribution in [0, 0.1) is 24.7 Å². The van der Waals surface area contributed by atoms with Crippen molar-refractivity contribution in [3.05, 3.63) is 70.3 Å². The molecule has 0 saturated heterocycles. The van der Waals surface area contributed by atoms with E-state index in [4.69, 9.17) is 5.73 Å². The number of aromatic nitrogens is 2. The van der Waals surface area contributed by atoms with Crippen LogP contribution < -0.4 is 5.73 Å². The fraction of sp³-hybridized carbons (Fsp3) is 0.333. The van der Waals surface area contributed by atoms with E-state index >= 15 is 0 Å². The summed E-state index contributed by atoms with van der Waals surface area (Å²) in [6.45, 7) is 10.4. The van der Waals surface area contributed by atoms with Crippen LogP contribution in [0.15, 0.2) is 47.8 Å². The molecule has 4 rings (SSSR count). The molecule has 2 aromatic heterocycles. The molecule has 2 aliphatic rings. The van der Waals surface area contributed by atoms with Gasteiger partial charge in [0.2, 0.25) is 0 Å². The van der Waals surface area contributed by atoms with Crippen LogP contribution in [0.3, 0.4) is 0 Å². The number of hydrogen-bond donors (Lipinski definition) is 1. The van der Waals surface area contributed by atoms with E-state index in [9.17, 15) is 9.59 Å². The zero-order chi connectivity index (χ0) is 24.6. The molecule has 0 spiro atoms. The lowest BCUT2D eigenvalue weighted by Gasteiger charge is -2.26. The minimum absolute atomic E-state index is 0.202. The smallest absolute Gasteiger partial charge is 0.261 e. The number of nitrogens with zero attached hydrogens (tertiary/aromatic N) is 4. The molecule has 174 valence electrons. The summed E-state index contributed by atoms with van der Waals surface area (Å²) < 4.78 is 0. The highest BCUT2D eigenvalue weighted by atomic mass is 16.2. The van der Waals surface area contributed by atoms with Gasteiger partial charge in [0.05, 0.1) is 33.9 Å². The van der Waals surface area contributed by atoms with Crippen LogP contribution in [0.5, 0.6) is 0 Å². The number of rotatable bonds is 6. The molecule has 7 heteroatoms. The number of carbonyl (C=O) groups is 2. The molecule has 4 heterocycles. The van der Waals surface area contributed by atoms with Gasteiger partial charge in [0, 0.05) is 37.1 Å². The first kappa shape index (κ1) is 23.4. The van der Waals surface area contributed by atoms with Gasteiger partial charge in [-0.1, -0.05) is 25.8 Å². The number of carbonyl (C=O) groups excluding carboxylic acids is 2. The van der Waals surface area contributed by atoms with Crippen LogP contribution in [0.25, 0.3) is 11.4 Å². The number of nitrogens with two attached hydrogens (primary N) is 1. The molecular weight excluding hydrogens is 426 g/mol. The van der Waals surface area contributed by atoms with Crippen molar-refractivity contribution >= 4 is 23.2 Å². The normalized spacial score (nSPS) is 16.4. The highest BCUT2D eigenvalue weighted by molar-refractivity contribution is 6.30. The quantitative estimate of drug-likeness (QED) is 0.676. The Morgan fingerprint density at radius 2 is 1.44 bits per heavy atom. The van der Waals surface area contributed by atoms with Crippen LogP contribution in [0.2, 0.25) is 0 Å². The number of aryl methyl sites for hydroxylation is 1. The second-order valence-electron chi connectivity index (χ2n) is 9.18. The molecule has 0 bridgehead atoms. The molecule has 1 atom stereocenters. The average Bonchev–Trinajstić information content (AvgIpc) is 3.21. The summed E-state index contributed by atoms with van der Waals surface area (Å²) >= 11 is 0. The van der Waals surface area contributed by atoms with Gasteiger partial charge in [0.1, 0.15) is 0 Å². The molecule has 2 aromatic rings. The van der Waals surface area contributed by atoms with Crippen LogP contribution in [-0.2, 0) is 9.59 Å². The van der Waals surface area contributed by atoms with Crippen LogP contribution in [-0.4, -0.2) is 50.7 Å². The maximum Gasteiger partial charge on any atom is 0.261 e. The van der Waals surface area contributed by atoms with Crippen molar-refractivity contribution in [2.45, 2.75) is 40.7 Å². The SMILES string of the molecule is CC#Cc1ccc(C2=C3C(=O)N(CC(C)C)C(c4ccc(C)cn4)=C3C(=O)N2CC(C)N)nc1. The minimum Gasteiger partial charge on any atom is -0.326 e. The van der Waals surface area contributed by atoms with Crippen LogP contribution in [0.4, 0.5) is 0 Å².